The number of carbonyl (C=O) groups is 2. The fraction of sp³-hybridized carbons (Fsp3) is 0.286. The lowest BCUT2D eigenvalue weighted by molar-refractivity contribution is -0.119. The molecule has 2 heterocycles. The van der Waals surface area contributed by atoms with Crippen molar-refractivity contribution in [2.45, 2.75) is 25.3 Å². The number of furan rings is 1. The van der Waals surface area contributed by atoms with Crippen molar-refractivity contribution in [3.8, 4) is 0 Å². The number of sulfonamides is 1. The van der Waals surface area contributed by atoms with E-state index in [2.05, 4.69) is 10.4 Å². The number of nitrogens with zero attached hydrogens (tertiary/aromatic N) is 3. The summed E-state index contributed by atoms with van der Waals surface area (Å²) in [6.45, 7) is 4.10. The minimum atomic E-state index is -3.58. The van der Waals surface area contributed by atoms with Crippen LogP contribution in [0.15, 0.2) is 64.2 Å². The number of amides is 1. The van der Waals surface area contributed by atoms with Crippen LogP contribution < -0.4 is 5.32 Å². The molecular weight excluding hydrogens is 436 g/mol. The van der Waals surface area contributed by atoms with E-state index in [0.717, 1.165) is 0 Å². The van der Waals surface area contributed by atoms with Crippen molar-refractivity contribution >= 4 is 27.6 Å². The Balaban J connectivity index is 1.51. The van der Waals surface area contributed by atoms with Crippen LogP contribution in [0.1, 0.15) is 30.2 Å². The zero-order valence-electron chi connectivity index (χ0n) is 17.7. The summed E-state index contributed by atoms with van der Waals surface area (Å²) in [6.07, 6.45) is 3.39. The van der Waals surface area contributed by atoms with Crippen LogP contribution in [0.4, 0.5) is 5.69 Å². The van der Waals surface area contributed by atoms with Gasteiger partial charge in [0.15, 0.2) is 6.61 Å². The molecule has 11 heteroatoms. The smallest absolute Gasteiger partial charge is 0.374 e. The summed E-state index contributed by atoms with van der Waals surface area (Å²) in [6, 6.07) is 10.7. The van der Waals surface area contributed by atoms with Crippen molar-refractivity contribution in [3.63, 3.8) is 0 Å². The predicted molar refractivity (Wildman–Crippen MR) is 115 cm³/mol. The summed E-state index contributed by atoms with van der Waals surface area (Å²) in [5.74, 6) is -0.843. The van der Waals surface area contributed by atoms with E-state index in [4.69, 9.17) is 9.15 Å². The van der Waals surface area contributed by atoms with Crippen molar-refractivity contribution in [1.29, 1.82) is 0 Å². The summed E-state index contributed by atoms with van der Waals surface area (Å²) in [7, 11) is -3.58. The Morgan fingerprint density at radius 2 is 1.84 bits per heavy atom. The first-order valence-corrected chi connectivity index (χ1v) is 11.4. The van der Waals surface area contributed by atoms with Crippen LogP contribution in [0, 0.1) is 0 Å². The number of esters is 1. The van der Waals surface area contributed by atoms with Gasteiger partial charge in [-0.2, -0.15) is 9.40 Å². The van der Waals surface area contributed by atoms with Gasteiger partial charge < -0.3 is 14.5 Å². The average molecular weight is 461 g/mol. The summed E-state index contributed by atoms with van der Waals surface area (Å²) in [4.78, 5) is 24.3. The van der Waals surface area contributed by atoms with Gasteiger partial charge in [0.25, 0.3) is 5.91 Å². The fourth-order valence-electron chi connectivity index (χ4n) is 2.95. The second-order valence-corrected chi connectivity index (χ2v) is 8.65. The highest BCUT2D eigenvalue weighted by molar-refractivity contribution is 7.89. The number of anilines is 1. The normalized spacial score (nSPS) is 11.5. The van der Waals surface area contributed by atoms with E-state index in [1.54, 1.807) is 43.1 Å². The molecule has 1 amide bonds. The Morgan fingerprint density at radius 1 is 1.12 bits per heavy atom. The second-order valence-electron chi connectivity index (χ2n) is 6.71. The van der Waals surface area contributed by atoms with Crippen LogP contribution in [0.25, 0.3) is 0 Å². The number of benzene rings is 1. The summed E-state index contributed by atoms with van der Waals surface area (Å²) >= 11 is 0. The third-order valence-corrected chi connectivity index (χ3v) is 6.62. The molecule has 170 valence electrons. The number of ether oxygens (including phenoxy) is 1. The molecule has 0 unspecified atom stereocenters. The van der Waals surface area contributed by atoms with E-state index in [1.165, 1.54) is 34.6 Å². The Morgan fingerprint density at radius 3 is 2.47 bits per heavy atom. The molecule has 10 nitrogen and oxygen atoms in total. The van der Waals surface area contributed by atoms with Gasteiger partial charge in [0.1, 0.15) is 5.76 Å². The molecule has 0 aliphatic heterocycles. The molecule has 3 rings (SSSR count). The average Bonchev–Trinajstić information content (AvgIpc) is 3.46. The zero-order chi connectivity index (χ0) is 23.1. The standard InChI is InChI=1S/C21H24N4O6S/c1-3-25(4-2)32(28,29)18-9-6-16(7-10-18)23-20(26)15-30-21(27)19-11-8-17(31-19)14-24-13-5-12-22-24/h5-13H,3-4,14-15H2,1-2H3,(H,23,26). The van der Waals surface area contributed by atoms with Crippen molar-refractivity contribution < 1.29 is 27.2 Å². The molecule has 0 aliphatic carbocycles. The van der Waals surface area contributed by atoms with Crippen LogP contribution in [0.2, 0.25) is 0 Å². The van der Waals surface area contributed by atoms with Gasteiger partial charge in [-0.05, 0) is 42.5 Å². The van der Waals surface area contributed by atoms with E-state index in [-0.39, 0.29) is 10.7 Å². The molecule has 1 N–H and O–H groups in total. The molecular formula is C21H24N4O6S. The van der Waals surface area contributed by atoms with E-state index >= 15 is 0 Å². The van der Waals surface area contributed by atoms with Gasteiger partial charge in [0.2, 0.25) is 15.8 Å². The van der Waals surface area contributed by atoms with Gasteiger partial charge in [0, 0.05) is 31.2 Å². The van der Waals surface area contributed by atoms with Crippen molar-refractivity contribution in [2.24, 2.45) is 0 Å². The van der Waals surface area contributed by atoms with Crippen LogP contribution in [-0.2, 0) is 26.1 Å². The number of hydrogen-bond acceptors (Lipinski definition) is 7. The van der Waals surface area contributed by atoms with Crippen molar-refractivity contribution in [3.05, 3.63) is 66.4 Å². The molecule has 0 aliphatic rings. The highest BCUT2D eigenvalue weighted by Gasteiger charge is 2.21. The van der Waals surface area contributed by atoms with Gasteiger partial charge in [-0.25, -0.2) is 13.2 Å². The summed E-state index contributed by atoms with van der Waals surface area (Å²) < 4.78 is 38.4. The molecule has 0 bridgehead atoms. The number of aromatic nitrogens is 2. The molecule has 32 heavy (non-hydrogen) atoms. The lowest BCUT2D eigenvalue weighted by atomic mass is 10.3. The van der Waals surface area contributed by atoms with Gasteiger partial charge in [0.05, 0.1) is 11.4 Å². The number of hydrogen-bond donors (Lipinski definition) is 1. The zero-order valence-corrected chi connectivity index (χ0v) is 18.5. The lowest BCUT2D eigenvalue weighted by Crippen LogP contribution is -2.30. The maximum Gasteiger partial charge on any atom is 0.374 e. The lowest BCUT2D eigenvalue weighted by Gasteiger charge is -2.18. The van der Waals surface area contributed by atoms with Gasteiger partial charge in [-0.15, -0.1) is 0 Å². The van der Waals surface area contributed by atoms with Gasteiger partial charge in [-0.3, -0.25) is 9.48 Å². The summed E-state index contributed by atoms with van der Waals surface area (Å²) in [5, 5.41) is 6.61. The first-order valence-electron chi connectivity index (χ1n) is 9.96. The number of nitrogens with one attached hydrogen (secondary N) is 1. The van der Waals surface area contributed by atoms with E-state index in [9.17, 15) is 18.0 Å². The highest BCUT2D eigenvalue weighted by atomic mass is 32.2. The molecule has 2 aromatic heterocycles. The molecule has 0 saturated carbocycles. The van der Waals surface area contributed by atoms with Crippen molar-refractivity contribution in [1.82, 2.24) is 14.1 Å². The molecule has 1 aromatic carbocycles. The van der Waals surface area contributed by atoms with Crippen LogP contribution in [-0.4, -0.2) is 54.1 Å². The Kier molecular flexibility index (Phi) is 7.44. The van der Waals surface area contributed by atoms with E-state index < -0.39 is 28.5 Å². The first kappa shape index (κ1) is 23.2. The molecule has 0 saturated heterocycles. The SMILES string of the molecule is CCN(CC)S(=O)(=O)c1ccc(NC(=O)COC(=O)c2ccc(Cn3cccn3)o2)cc1. The topological polar surface area (TPSA) is 124 Å². The minimum absolute atomic E-state index is 0.0223. The third kappa shape index (κ3) is 5.62. The molecule has 0 fully saturated rings. The van der Waals surface area contributed by atoms with Crippen LogP contribution in [0.3, 0.4) is 0 Å². The van der Waals surface area contributed by atoms with E-state index in [0.29, 0.717) is 31.1 Å². The van der Waals surface area contributed by atoms with Crippen LogP contribution >= 0.6 is 0 Å². The number of rotatable bonds is 10. The molecule has 3 aromatic rings. The quantitative estimate of drug-likeness (QED) is 0.461. The highest BCUT2D eigenvalue weighted by Crippen LogP contribution is 2.18. The largest absolute Gasteiger partial charge is 0.452 e. The van der Waals surface area contributed by atoms with Crippen molar-refractivity contribution in [2.75, 3.05) is 25.0 Å². The minimum Gasteiger partial charge on any atom is -0.452 e. The van der Waals surface area contributed by atoms with Gasteiger partial charge >= 0.3 is 5.97 Å². The third-order valence-electron chi connectivity index (χ3n) is 4.56. The number of carbonyl (C=O) groups excluding carboxylic acids is 2. The maximum absolute atomic E-state index is 12.5. The monoisotopic (exact) mass is 460 g/mol. The molecule has 0 spiro atoms. The van der Waals surface area contributed by atoms with E-state index in [1.807, 2.05) is 0 Å². The Hall–Kier alpha value is -3.44. The Labute approximate surface area is 185 Å². The Bertz CT molecular complexity index is 1150. The molecule has 0 radical (unpaired) electrons. The van der Waals surface area contributed by atoms with Crippen LogP contribution in [0.5, 0.6) is 0 Å². The van der Waals surface area contributed by atoms with Gasteiger partial charge in [-0.1, -0.05) is 13.8 Å². The predicted octanol–water partition coefficient (Wildman–Crippen LogP) is 2.35. The fourth-order valence-corrected chi connectivity index (χ4v) is 4.41. The molecule has 0 atom stereocenters. The first-order chi connectivity index (χ1) is 15.3. The second kappa shape index (κ2) is 10.2. The summed E-state index contributed by atoms with van der Waals surface area (Å²) in [5.41, 5.74) is 0.379. The maximum atomic E-state index is 12.5.